The van der Waals surface area contributed by atoms with Gasteiger partial charge < -0.3 is 10.1 Å². The molecule has 1 saturated heterocycles. The molecule has 9 heteroatoms. The van der Waals surface area contributed by atoms with Crippen molar-refractivity contribution in [1.29, 1.82) is 0 Å². The van der Waals surface area contributed by atoms with Crippen LogP contribution in [0.25, 0.3) is 10.2 Å². The van der Waals surface area contributed by atoms with Gasteiger partial charge in [-0.2, -0.15) is 5.10 Å². The summed E-state index contributed by atoms with van der Waals surface area (Å²) in [5.74, 6) is -1.10. The second-order valence-corrected chi connectivity index (χ2v) is 6.34. The number of nitrogens with zero attached hydrogens (tertiary/aromatic N) is 3. The zero-order valence-corrected chi connectivity index (χ0v) is 13.8. The van der Waals surface area contributed by atoms with Gasteiger partial charge in [0.2, 0.25) is 0 Å². The quantitative estimate of drug-likeness (QED) is 0.845. The van der Waals surface area contributed by atoms with Gasteiger partial charge >= 0.3 is 12.0 Å². The van der Waals surface area contributed by atoms with Gasteiger partial charge in [0.1, 0.15) is 9.71 Å². The Morgan fingerprint density at radius 3 is 2.83 bits per heavy atom. The first-order valence-corrected chi connectivity index (χ1v) is 7.93. The lowest BCUT2D eigenvalue weighted by Crippen LogP contribution is -2.41. The summed E-state index contributed by atoms with van der Waals surface area (Å²) in [5, 5.41) is 7.70. The number of thiophene rings is 1. The molecule has 8 nitrogen and oxygen atoms in total. The van der Waals surface area contributed by atoms with Crippen molar-refractivity contribution in [3.8, 4) is 0 Å². The lowest BCUT2D eigenvalue weighted by atomic mass is 10.3. The first-order chi connectivity index (χ1) is 10.9. The molecule has 1 aliphatic heterocycles. The van der Waals surface area contributed by atoms with E-state index in [4.69, 9.17) is 4.74 Å². The molecule has 122 valence electrons. The van der Waals surface area contributed by atoms with Crippen molar-refractivity contribution >= 4 is 39.5 Å². The van der Waals surface area contributed by atoms with Gasteiger partial charge in [0.25, 0.3) is 5.91 Å². The summed E-state index contributed by atoms with van der Waals surface area (Å²) in [6.45, 7) is 4.02. The third kappa shape index (κ3) is 2.67. The van der Waals surface area contributed by atoms with Crippen LogP contribution in [0.1, 0.15) is 22.3 Å². The van der Waals surface area contributed by atoms with Crippen LogP contribution in [-0.4, -0.2) is 51.8 Å². The molecule has 3 rings (SSSR count). The Morgan fingerprint density at radius 2 is 2.22 bits per heavy atom. The van der Waals surface area contributed by atoms with E-state index in [-0.39, 0.29) is 6.54 Å². The van der Waals surface area contributed by atoms with E-state index in [1.807, 2.05) is 6.92 Å². The van der Waals surface area contributed by atoms with Crippen LogP contribution in [0, 0.1) is 6.92 Å². The summed E-state index contributed by atoms with van der Waals surface area (Å²) in [7, 11) is 1.80. The lowest BCUT2D eigenvalue weighted by Gasteiger charge is -2.17. The second kappa shape index (κ2) is 5.65. The van der Waals surface area contributed by atoms with Gasteiger partial charge in [-0.05, 0) is 19.9 Å². The minimum absolute atomic E-state index is 0.285. The Hall–Kier alpha value is -2.42. The molecule has 23 heavy (non-hydrogen) atoms. The number of hydrogen-bond acceptors (Lipinski definition) is 6. The number of nitrogens with one attached hydrogen (secondary N) is 1. The van der Waals surface area contributed by atoms with Crippen LogP contribution in [0.3, 0.4) is 0 Å². The van der Waals surface area contributed by atoms with E-state index in [1.165, 1.54) is 18.3 Å². The fourth-order valence-electron chi connectivity index (χ4n) is 2.48. The third-order valence-electron chi connectivity index (χ3n) is 3.65. The van der Waals surface area contributed by atoms with Gasteiger partial charge in [-0.15, -0.1) is 11.3 Å². The second-order valence-electron chi connectivity index (χ2n) is 5.31. The lowest BCUT2D eigenvalue weighted by molar-refractivity contribution is -0.135. The molecule has 0 bridgehead atoms. The van der Waals surface area contributed by atoms with Gasteiger partial charge in [0.05, 0.1) is 5.69 Å². The van der Waals surface area contributed by atoms with E-state index in [9.17, 15) is 14.4 Å². The maximum Gasteiger partial charge on any atom is 0.349 e. The van der Waals surface area contributed by atoms with Crippen LogP contribution in [0.5, 0.6) is 0 Å². The minimum Gasteiger partial charge on any atom is -0.448 e. The van der Waals surface area contributed by atoms with E-state index in [0.717, 1.165) is 20.8 Å². The van der Waals surface area contributed by atoms with Crippen molar-refractivity contribution < 1.29 is 19.1 Å². The Morgan fingerprint density at radius 1 is 1.48 bits per heavy atom. The van der Waals surface area contributed by atoms with Crippen molar-refractivity contribution in [3.63, 3.8) is 0 Å². The van der Waals surface area contributed by atoms with Crippen molar-refractivity contribution in [1.82, 2.24) is 20.0 Å². The Kier molecular flexibility index (Phi) is 3.80. The molecule has 0 radical (unpaired) electrons. The van der Waals surface area contributed by atoms with Gasteiger partial charge in [0, 0.05) is 25.5 Å². The minimum atomic E-state index is -1.02. The number of hydrogen-bond donors (Lipinski definition) is 1. The molecule has 1 N–H and O–H groups in total. The van der Waals surface area contributed by atoms with E-state index in [1.54, 1.807) is 17.8 Å². The van der Waals surface area contributed by atoms with Crippen molar-refractivity contribution in [2.75, 3.05) is 13.1 Å². The first kappa shape index (κ1) is 15.5. The van der Waals surface area contributed by atoms with E-state index in [0.29, 0.717) is 11.4 Å². The van der Waals surface area contributed by atoms with Crippen LogP contribution in [-0.2, 0) is 16.6 Å². The number of rotatable bonds is 3. The molecule has 3 heterocycles. The van der Waals surface area contributed by atoms with E-state index in [2.05, 4.69) is 10.4 Å². The number of ether oxygens (including phenoxy) is 1. The van der Waals surface area contributed by atoms with E-state index >= 15 is 0 Å². The normalized spacial score (nSPS) is 15.8. The van der Waals surface area contributed by atoms with Gasteiger partial charge in [0.15, 0.2) is 6.10 Å². The zero-order valence-electron chi connectivity index (χ0n) is 13.0. The standard InChI is InChI=1S/C14H16N4O4S/c1-7-9-6-10(23-12(9)17(3)16-7)13(20)22-8(2)11(19)18-5-4-15-14(18)21/h6,8H,4-5H2,1-3H3,(H,15,21). The largest absolute Gasteiger partial charge is 0.448 e. The van der Waals surface area contributed by atoms with Gasteiger partial charge in [-0.25, -0.2) is 9.59 Å². The number of aromatic nitrogens is 2. The monoisotopic (exact) mass is 336 g/mol. The molecule has 1 atom stereocenters. The molecule has 1 fully saturated rings. The topological polar surface area (TPSA) is 93.5 Å². The highest BCUT2D eigenvalue weighted by Gasteiger charge is 2.32. The maximum atomic E-state index is 12.2. The molecule has 0 saturated carbocycles. The highest BCUT2D eigenvalue weighted by atomic mass is 32.1. The summed E-state index contributed by atoms with van der Waals surface area (Å²) in [6, 6.07) is 1.26. The SMILES string of the molecule is Cc1nn(C)c2sc(C(=O)OC(C)C(=O)N3CCNC3=O)cc12. The summed E-state index contributed by atoms with van der Waals surface area (Å²) < 4.78 is 6.91. The number of carbonyl (C=O) groups is 3. The predicted octanol–water partition coefficient (Wildman–Crippen LogP) is 1.04. The van der Waals surface area contributed by atoms with Crippen molar-refractivity contribution in [3.05, 3.63) is 16.6 Å². The number of esters is 1. The van der Waals surface area contributed by atoms with E-state index < -0.39 is 24.0 Å². The van der Waals surface area contributed by atoms with Crippen molar-refractivity contribution in [2.45, 2.75) is 20.0 Å². The highest BCUT2D eigenvalue weighted by Crippen LogP contribution is 2.28. The number of aryl methyl sites for hydroxylation is 2. The molecule has 2 aromatic rings. The number of imide groups is 1. The molecule has 3 amide bonds. The van der Waals surface area contributed by atoms with Crippen LogP contribution >= 0.6 is 11.3 Å². The molecular weight excluding hydrogens is 320 g/mol. The van der Waals surface area contributed by atoms with Crippen LogP contribution < -0.4 is 5.32 Å². The zero-order chi connectivity index (χ0) is 16.7. The van der Waals surface area contributed by atoms with Crippen LogP contribution in [0.2, 0.25) is 0 Å². The third-order valence-corrected chi connectivity index (χ3v) is 4.83. The highest BCUT2D eigenvalue weighted by molar-refractivity contribution is 7.20. The number of urea groups is 1. The smallest absolute Gasteiger partial charge is 0.349 e. The number of fused-ring (bicyclic) bond motifs is 1. The first-order valence-electron chi connectivity index (χ1n) is 7.12. The predicted molar refractivity (Wildman–Crippen MR) is 83.3 cm³/mol. The average molecular weight is 336 g/mol. The molecule has 0 aromatic carbocycles. The van der Waals surface area contributed by atoms with Gasteiger partial charge in [-0.3, -0.25) is 14.4 Å². The fraction of sp³-hybridized carbons (Fsp3) is 0.429. The summed E-state index contributed by atoms with van der Waals surface area (Å²) in [6.07, 6.45) is -1.02. The molecule has 0 spiro atoms. The van der Waals surface area contributed by atoms with Crippen molar-refractivity contribution in [2.24, 2.45) is 7.05 Å². The molecule has 0 aliphatic carbocycles. The number of carbonyl (C=O) groups excluding carboxylic acids is 3. The summed E-state index contributed by atoms with van der Waals surface area (Å²) in [5.41, 5.74) is 0.829. The fourth-order valence-corrected chi connectivity index (χ4v) is 3.48. The Labute approximate surface area is 136 Å². The molecule has 1 unspecified atom stereocenters. The molecule has 1 aliphatic rings. The number of amides is 3. The Bertz CT molecular complexity index is 775. The van der Waals surface area contributed by atoms with Crippen LogP contribution in [0.4, 0.5) is 4.79 Å². The summed E-state index contributed by atoms with van der Waals surface area (Å²) in [4.78, 5) is 38.2. The van der Waals surface area contributed by atoms with Crippen LogP contribution in [0.15, 0.2) is 6.07 Å². The maximum absolute atomic E-state index is 12.2. The average Bonchev–Trinajstić information content (AvgIpc) is 3.17. The Balaban J connectivity index is 1.73. The molecular formula is C14H16N4O4S. The molecule has 2 aromatic heterocycles. The summed E-state index contributed by atoms with van der Waals surface area (Å²) >= 11 is 1.26. The van der Waals surface area contributed by atoms with Gasteiger partial charge in [-0.1, -0.05) is 0 Å².